The lowest BCUT2D eigenvalue weighted by molar-refractivity contribution is 0.0488. The van der Waals surface area contributed by atoms with Crippen molar-refractivity contribution in [3.63, 3.8) is 0 Å². The molecule has 2 rings (SSSR count). The van der Waals surface area contributed by atoms with Crippen LogP contribution in [0, 0.1) is 5.92 Å². The molecule has 1 amide bonds. The third kappa shape index (κ3) is 5.96. The second-order valence-corrected chi connectivity index (χ2v) is 7.11. The van der Waals surface area contributed by atoms with E-state index in [1.807, 2.05) is 39.0 Å². The van der Waals surface area contributed by atoms with Gasteiger partial charge in [0, 0.05) is 18.3 Å². The molecule has 1 saturated carbocycles. The number of rotatable bonds is 4. The van der Waals surface area contributed by atoms with E-state index in [-0.39, 0.29) is 12.1 Å². The van der Waals surface area contributed by atoms with E-state index in [1.165, 1.54) is 5.69 Å². The van der Waals surface area contributed by atoms with Crippen molar-refractivity contribution < 1.29 is 9.53 Å². The van der Waals surface area contributed by atoms with Gasteiger partial charge in [0.15, 0.2) is 0 Å². The Labute approximate surface area is 133 Å². The highest BCUT2D eigenvalue weighted by Crippen LogP contribution is 2.25. The third-order valence-electron chi connectivity index (χ3n) is 3.94. The number of hydrogen-bond acceptors (Lipinski definition) is 3. The van der Waals surface area contributed by atoms with Crippen molar-refractivity contribution in [2.45, 2.75) is 58.1 Å². The molecule has 1 fully saturated rings. The summed E-state index contributed by atoms with van der Waals surface area (Å²) in [5, 5.41) is 6.48. The van der Waals surface area contributed by atoms with Crippen LogP contribution in [0.3, 0.4) is 0 Å². The van der Waals surface area contributed by atoms with Crippen LogP contribution in [0.5, 0.6) is 0 Å². The van der Waals surface area contributed by atoms with Crippen LogP contribution in [0.15, 0.2) is 30.3 Å². The Kier molecular flexibility index (Phi) is 5.69. The molecule has 1 aromatic carbocycles. The molecule has 0 bridgehead atoms. The second-order valence-electron chi connectivity index (χ2n) is 7.11. The quantitative estimate of drug-likeness (QED) is 0.877. The van der Waals surface area contributed by atoms with Gasteiger partial charge in [0.25, 0.3) is 0 Å². The topological polar surface area (TPSA) is 50.4 Å². The lowest BCUT2D eigenvalue weighted by Gasteiger charge is -2.30. The Morgan fingerprint density at radius 3 is 2.36 bits per heavy atom. The molecular formula is C18H28N2O2. The number of anilines is 1. The maximum absolute atomic E-state index is 11.8. The molecule has 0 unspecified atom stereocenters. The molecule has 1 aliphatic rings. The lowest BCUT2D eigenvalue weighted by atomic mass is 9.86. The molecular weight excluding hydrogens is 276 g/mol. The number of amides is 1. The zero-order valence-electron chi connectivity index (χ0n) is 13.9. The molecule has 1 aliphatic carbocycles. The maximum atomic E-state index is 11.8. The molecule has 0 heterocycles. The van der Waals surface area contributed by atoms with Crippen LogP contribution in [0.4, 0.5) is 10.5 Å². The number of hydrogen-bond donors (Lipinski definition) is 2. The smallest absolute Gasteiger partial charge is 0.407 e. The SMILES string of the molecule is CC(C)(C)OC(=O)N[C@H]1CC[C@H](CNc2ccccc2)CC1. The summed E-state index contributed by atoms with van der Waals surface area (Å²) in [6, 6.07) is 10.6. The van der Waals surface area contributed by atoms with Gasteiger partial charge in [-0.3, -0.25) is 0 Å². The van der Waals surface area contributed by atoms with Crippen molar-refractivity contribution in [3.8, 4) is 0 Å². The summed E-state index contributed by atoms with van der Waals surface area (Å²) in [6.07, 6.45) is 4.04. The minimum atomic E-state index is -0.430. The minimum Gasteiger partial charge on any atom is -0.444 e. The van der Waals surface area contributed by atoms with Gasteiger partial charge in [-0.1, -0.05) is 18.2 Å². The average Bonchev–Trinajstić information content (AvgIpc) is 2.45. The molecule has 22 heavy (non-hydrogen) atoms. The second kappa shape index (κ2) is 7.52. The Hall–Kier alpha value is -1.71. The zero-order valence-corrected chi connectivity index (χ0v) is 13.9. The molecule has 122 valence electrons. The summed E-state index contributed by atoms with van der Waals surface area (Å²) in [4.78, 5) is 11.8. The first-order valence-corrected chi connectivity index (χ1v) is 8.21. The number of benzene rings is 1. The molecule has 0 spiro atoms. The van der Waals surface area contributed by atoms with Crippen LogP contribution in [0.1, 0.15) is 46.5 Å². The van der Waals surface area contributed by atoms with Crippen LogP contribution in [-0.4, -0.2) is 24.3 Å². The fourth-order valence-corrected chi connectivity index (χ4v) is 2.80. The van der Waals surface area contributed by atoms with Gasteiger partial charge in [0.1, 0.15) is 5.60 Å². The highest BCUT2D eigenvalue weighted by atomic mass is 16.6. The Morgan fingerprint density at radius 2 is 1.77 bits per heavy atom. The normalized spacial score (nSPS) is 22.0. The summed E-state index contributed by atoms with van der Waals surface area (Å²) in [5.41, 5.74) is 0.748. The van der Waals surface area contributed by atoms with E-state index in [0.29, 0.717) is 5.92 Å². The van der Waals surface area contributed by atoms with Gasteiger partial charge in [-0.25, -0.2) is 4.79 Å². The summed E-state index contributed by atoms with van der Waals surface area (Å²) < 4.78 is 5.31. The van der Waals surface area contributed by atoms with E-state index in [4.69, 9.17) is 4.74 Å². The van der Waals surface area contributed by atoms with Crippen LogP contribution < -0.4 is 10.6 Å². The minimum absolute atomic E-state index is 0.253. The fourth-order valence-electron chi connectivity index (χ4n) is 2.80. The molecule has 2 N–H and O–H groups in total. The van der Waals surface area contributed by atoms with Gasteiger partial charge in [-0.2, -0.15) is 0 Å². The van der Waals surface area contributed by atoms with Crippen molar-refractivity contribution in [2.24, 2.45) is 5.92 Å². The predicted molar refractivity (Wildman–Crippen MR) is 90.0 cm³/mol. The highest BCUT2D eigenvalue weighted by Gasteiger charge is 2.24. The van der Waals surface area contributed by atoms with Gasteiger partial charge in [-0.15, -0.1) is 0 Å². The monoisotopic (exact) mass is 304 g/mol. The van der Waals surface area contributed by atoms with Gasteiger partial charge in [-0.05, 0) is 64.5 Å². The number of alkyl carbamates (subject to hydrolysis) is 1. The van der Waals surface area contributed by atoms with Crippen molar-refractivity contribution in [2.75, 3.05) is 11.9 Å². The number of nitrogens with one attached hydrogen (secondary N) is 2. The van der Waals surface area contributed by atoms with Gasteiger partial charge in [0.2, 0.25) is 0 Å². The average molecular weight is 304 g/mol. The third-order valence-corrected chi connectivity index (χ3v) is 3.94. The number of para-hydroxylation sites is 1. The first kappa shape index (κ1) is 16.7. The predicted octanol–water partition coefficient (Wildman–Crippen LogP) is 4.18. The van der Waals surface area contributed by atoms with Crippen molar-refractivity contribution in [3.05, 3.63) is 30.3 Å². The van der Waals surface area contributed by atoms with Crippen LogP contribution >= 0.6 is 0 Å². The maximum Gasteiger partial charge on any atom is 0.407 e. The lowest BCUT2D eigenvalue weighted by Crippen LogP contribution is -2.41. The first-order chi connectivity index (χ1) is 10.4. The highest BCUT2D eigenvalue weighted by molar-refractivity contribution is 5.68. The van der Waals surface area contributed by atoms with Crippen molar-refractivity contribution >= 4 is 11.8 Å². The molecule has 0 radical (unpaired) electrons. The molecule has 0 aliphatic heterocycles. The number of carbonyl (C=O) groups is 1. The first-order valence-electron chi connectivity index (χ1n) is 8.21. The van der Waals surface area contributed by atoms with Crippen molar-refractivity contribution in [1.29, 1.82) is 0 Å². The largest absolute Gasteiger partial charge is 0.444 e. The van der Waals surface area contributed by atoms with Gasteiger partial charge >= 0.3 is 6.09 Å². The molecule has 4 heteroatoms. The number of carbonyl (C=O) groups excluding carboxylic acids is 1. The van der Waals surface area contributed by atoms with E-state index in [0.717, 1.165) is 32.2 Å². The zero-order chi connectivity index (χ0) is 16.0. The van der Waals surface area contributed by atoms with Gasteiger partial charge < -0.3 is 15.4 Å². The summed E-state index contributed by atoms with van der Waals surface area (Å²) >= 11 is 0. The van der Waals surface area contributed by atoms with Gasteiger partial charge in [0.05, 0.1) is 0 Å². The van der Waals surface area contributed by atoms with E-state index in [1.54, 1.807) is 0 Å². The molecule has 0 atom stereocenters. The van der Waals surface area contributed by atoms with Crippen LogP contribution in [0.25, 0.3) is 0 Å². The van der Waals surface area contributed by atoms with E-state index in [9.17, 15) is 4.79 Å². The molecule has 4 nitrogen and oxygen atoms in total. The van der Waals surface area contributed by atoms with Crippen LogP contribution in [0.2, 0.25) is 0 Å². The standard InChI is InChI=1S/C18H28N2O2/c1-18(2,3)22-17(21)20-16-11-9-14(10-12-16)13-19-15-7-5-4-6-8-15/h4-8,14,16,19H,9-13H2,1-3H3,(H,20,21)/t14-,16-. The Balaban J connectivity index is 1.66. The molecule has 0 saturated heterocycles. The van der Waals surface area contributed by atoms with E-state index >= 15 is 0 Å². The van der Waals surface area contributed by atoms with Crippen molar-refractivity contribution in [1.82, 2.24) is 5.32 Å². The number of ether oxygens (including phenoxy) is 1. The van der Waals surface area contributed by atoms with E-state index in [2.05, 4.69) is 22.8 Å². The Bertz CT molecular complexity index is 460. The summed E-state index contributed by atoms with van der Waals surface area (Å²) in [6.45, 7) is 6.67. The summed E-state index contributed by atoms with van der Waals surface area (Å²) in [7, 11) is 0. The van der Waals surface area contributed by atoms with E-state index < -0.39 is 5.60 Å². The molecule has 1 aromatic rings. The Morgan fingerprint density at radius 1 is 1.14 bits per heavy atom. The molecule has 0 aromatic heterocycles. The fraction of sp³-hybridized carbons (Fsp3) is 0.611. The van der Waals surface area contributed by atoms with Crippen LogP contribution in [-0.2, 0) is 4.74 Å². The summed E-state index contributed by atoms with van der Waals surface area (Å²) in [5.74, 6) is 0.678.